The minimum Gasteiger partial charge on any atom is -0.480 e. The maximum Gasteiger partial charge on any atom is 0.335 e. The fourth-order valence-electron chi connectivity index (χ4n) is 4.07. The number of carbonyl (C=O) groups is 2. The molecule has 0 bridgehead atoms. The lowest BCUT2D eigenvalue weighted by atomic mass is 10.0. The molecule has 0 aliphatic carbocycles. The van der Waals surface area contributed by atoms with Crippen molar-refractivity contribution in [1.82, 2.24) is 19.4 Å². The molecule has 0 radical (unpaired) electrons. The van der Waals surface area contributed by atoms with Crippen molar-refractivity contribution in [2.45, 2.75) is 19.4 Å². The van der Waals surface area contributed by atoms with Gasteiger partial charge in [-0.2, -0.15) is 0 Å². The van der Waals surface area contributed by atoms with E-state index >= 15 is 0 Å². The van der Waals surface area contributed by atoms with E-state index in [2.05, 4.69) is 15.6 Å². The molecule has 10 nitrogen and oxygen atoms in total. The molecule has 12 heteroatoms. The Balaban J connectivity index is 1.63. The Kier molecular flexibility index (Phi) is 7.84. The number of amides is 1. The zero-order valence-electron chi connectivity index (χ0n) is 20.4. The van der Waals surface area contributed by atoms with E-state index in [9.17, 15) is 24.3 Å². The summed E-state index contributed by atoms with van der Waals surface area (Å²) in [5.41, 5.74) is 1.01. The molecule has 2 aromatic carbocycles. The number of carbonyl (C=O) groups excluding carboxylic acids is 1. The molecule has 0 unspecified atom stereocenters. The summed E-state index contributed by atoms with van der Waals surface area (Å²) in [6.45, 7) is 2.61. The number of hydrogen-bond acceptors (Lipinski definition) is 6. The van der Waals surface area contributed by atoms with Crippen LogP contribution in [0.15, 0.2) is 64.3 Å². The molecule has 0 aliphatic heterocycles. The Morgan fingerprint density at radius 2 is 1.79 bits per heavy atom. The van der Waals surface area contributed by atoms with Gasteiger partial charge in [-0.1, -0.05) is 35.3 Å². The first-order valence-electron chi connectivity index (χ1n) is 11.5. The molecule has 0 aliphatic rings. The summed E-state index contributed by atoms with van der Waals surface area (Å²) < 4.78 is 2.45. The van der Waals surface area contributed by atoms with Gasteiger partial charge in [0.1, 0.15) is 11.2 Å². The lowest BCUT2D eigenvalue weighted by Crippen LogP contribution is -2.42. The summed E-state index contributed by atoms with van der Waals surface area (Å²) in [6, 6.07) is 11.6. The van der Waals surface area contributed by atoms with Crippen LogP contribution in [-0.2, 0) is 18.3 Å². The van der Waals surface area contributed by atoms with Gasteiger partial charge in [0, 0.05) is 31.9 Å². The molecule has 1 atom stereocenters. The molecule has 0 spiro atoms. The summed E-state index contributed by atoms with van der Waals surface area (Å²) in [5.74, 6) is -2.05. The summed E-state index contributed by atoms with van der Waals surface area (Å²) in [6.07, 6.45) is 1.25. The Labute approximate surface area is 226 Å². The van der Waals surface area contributed by atoms with Crippen LogP contribution in [0.25, 0.3) is 16.6 Å². The maximum atomic E-state index is 13.3. The Bertz CT molecular complexity index is 1640. The Morgan fingerprint density at radius 1 is 1.08 bits per heavy atom. The van der Waals surface area contributed by atoms with Gasteiger partial charge in [0.2, 0.25) is 0 Å². The number of aliphatic carboxylic acids is 1. The molecule has 2 aromatic heterocycles. The monoisotopic (exact) mass is 555 g/mol. The van der Waals surface area contributed by atoms with E-state index in [0.29, 0.717) is 28.7 Å². The average molecular weight is 556 g/mol. The van der Waals surface area contributed by atoms with Crippen molar-refractivity contribution in [3.63, 3.8) is 0 Å². The minimum absolute atomic E-state index is 0.0380. The van der Waals surface area contributed by atoms with Crippen LogP contribution in [-0.4, -0.2) is 43.7 Å². The number of aryl methyl sites for hydroxylation is 1. The molecule has 38 heavy (non-hydrogen) atoms. The van der Waals surface area contributed by atoms with E-state index in [4.69, 9.17) is 23.2 Å². The van der Waals surface area contributed by atoms with E-state index in [-0.39, 0.29) is 22.2 Å². The zero-order valence-corrected chi connectivity index (χ0v) is 21.9. The van der Waals surface area contributed by atoms with E-state index in [1.807, 2.05) is 6.92 Å². The first-order valence-corrected chi connectivity index (χ1v) is 12.3. The second-order valence-corrected chi connectivity index (χ2v) is 9.20. The summed E-state index contributed by atoms with van der Waals surface area (Å²) in [5, 5.41) is 15.5. The van der Waals surface area contributed by atoms with Gasteiger partial charge in [0.05, 0.1) is 27.2 Å². The fraction of sp³-hybridized carbons (Fsp3) is 0.192. The molecule has 0 saturated carbocycles. The van der Waals surface area contributed by atoms with Gasteiger partial charge in [-0.05, 0) is 48.9 Å². The molecule has 3 N–H and O–H groups in total. The van der Waals surface area contributed by atoms with Crippen LogP contribution in [0.4, 0.5) is 5.69 Å². The molecule has 0 fully saturated rings. The topological polar surface area (TPSA) is 135 Å². The molecule has 2 heterocycles. The number of carboxylic acid groups (broad SMARTS) is 1. The number of nitrogens with zero attached hydrogens (tertiary/aromatic N) is 3. The van der Waals surface area contributed by atoms with Crippen LogP contribution in [0.2, 0.25) is 10.2 Å². The zero-order chi connectivity index (χ0) is 27.6. The predicted molar refractivity (Wildman–Crippen MR) is 146 cm³/mol. The molecule has 196 valence electrons. The highest BCUT2D eigenvalue weighted by molar-refractivity contribution is 6.39. The molecular weight excluding hydrogens is 533 g/mol. The van der Waals surface area contributed by atoms with Crippen LogP contribution >= 0.6 is 23.2 Å². The predicted octanol–water partition coefficient (Wildman–Crippen LogP) is 3.25. The number of pyridine rings is 1. The fourth-order valence-corrected chi connectivity index (χ4v) is 4.59. The van der Waals surface area contributed by atoms with Crippen molar-refractivity contribution in [3.05, 3.63) is 96.9 Å². The lowest BCUT2D eigenvalue weighted by Gasteiger charge is -2.16. The number of anilines is 1. The van der Waals surface area contributed by atoms with Gasteiger partial charge >= 0.3 is 11.7 Å². The van der Waals surface area contributed by atoms with E-state index in [1.165, 1.54) is 16.8 Å². The van der Waals surface area contributed by atoms with E-state index in [1.54, 1.807) is 49.5 Å². The third kappa shape index (κ3) is 5.27. The SMILES string of the molecule is CCNc1ccc2c(c1)c(=O)n(-c1ccc(C[C@H](NC(=O)c3c(Cl)ccnc3Cl)C(=O)O)cc1)c(=O)n2C. The van der Waals surface area contributed by atoms with Crippen molar-refractivity contribution in [2.75, 3.05) is 11.9 Å². The summed E-state index contributed by atoms with van der Waals surface area (Å²) >= 11 is 12.0. The van der Waals surface area contributed by atoms with Gasteiger partial charge in [-0.15, -0.1) is 0 Å². The number of aromatic nitrogens is 3. The number of nitrogens with one attached hydrogen (secondary N) is 2. The van der Waals surface area contributed by atoms with Crippen molar-refractivity contribution in [1.29, 1.82) is 0 Å². The molecule has 0 saturated heterocycles. The second kappa shape index (κ2) is 11.1. The average Bonchev–Trinajstić information content (AvgIpc) is 2.88. The number of hydrogen-bond donors (Lipinski definition) is 3. The summed E-state index contributed by atoms with van der Waals surface area (Å²) in [4.78, 5) is 54.6. The van der Waals surface area contributed by atoms with Gasteiger partial charge in [-0.3, -0.25) is 14.2 Å². The Hall–Kier alpha value is -4.15. The number of benzene rings is 2. The van der Waals surface area contributed by atoms with Crippen LogP contribution < -0.4 is 21.9 Å². The number of fused-ring (bicyclic) bond motifs is 1. The molecule has 4 aromatic rings. The highest BCUT2D eigenvalue weighted by atomic mass is 35.5. The van der Waals surface area contributed by atoms with Crippen molar-refractivity contribution in [3.8, 4) is 5.69 Å². The van der Waals surface area contributed by atoms with Gasteiger partial charge < -0.3 is 15.7 Å². The second-order valence-electron chi connectivity index (χ2n) is 8.44. The van der Waals surface area contributed by atoms with Gasteiger partial charge in [-0.25, -0.2) is 19.1 Å². The highest BCUT2D eigenvalue weighted by Crippen LogP contribution is 2.22. The van der Waals surface area contributed by atoms with Crippen LogP contribution in [0.1, 0.15) is 22.8 Å². The standard InChI is InChI=1S/C26H23Cl2N5O5/c1-3-29-15-6-9-20-17(13-15)24(35)33(26(38)32(20)2)16-7-4-14(5-8-16)12-19(25(36)37)31-23(34)21-18(27)10-11-30-22(21)28/h4-11,13,19,29H,3,12H2,1-2H3,(H,31,34)(H,36,37)/t19-/m0/s1. The normalized spacial score (nSPS) is 11.8. The smallest absolute Gasteiger partial charge is 0.335 e. The molecular formula is C26H23Cl2N5O5. The number of carboxylic acids is 1. The first-order chi connectivity index (χ1) is 18.1. The minimum atomic E-state index is -1.30. The summed E-state index contributed by atoms with van der Waals surface area (Å²) in [7, 11) is 1.59. The van der Waals surface area contributed by atoms with Gasteiger partial charge in [0.15, 0.2) is 0 Å². The van der Waals surface area contributed by atoms with Crippen LogP contribution in [0.5, 0.6) is 0 Å². The third-order valence-corrected chi connectivity index (χ3v) is 6.57. The lowest BCUT2D eigenvalue weighted by molar-refractivity contribution is -0.139. The van der Waals surface area contributed by atoms with Crippen LogP contribution in [0.3, 0.4) is 0 Å². The van der Waals surface area contributed by atoms with Gasteiger partial charge in [0.25, 0.3) is 11.5 Å². The third-order valence-electron chi connectivity index (χ3n) is 5.97. The van der Waals surface area contributed by atoms with E-state index < -0.39 is 29.2 Å². The van der Waals surface area contributed by atoms with Crippen molar-refractivity contribution in [2.24, 2.45) is 7.05 Å². The maximum absolute atomic E-state index is 13.3. The van der Waals surface area contributed by atoms with E-state index in [0.717, 1.165) is 10.3 Å². The van der Waals surface area contributed by atoms with Crippen molar-refractivity contribution >= 4 is 51.7 Å². The highest BCUT2D eigenvalue weighted by Gasteiger charge is 2.24. The first kappa shape index (κ1) is 26.9. The Morgan fingerprint density at radius 3 is 2.42 bits per heavy atom. The number of halogens is 2. The van der Waals surface area contributed by atoms with Crippen molar-refractivity contribution < 1.29 is 14.7 Å². The van der Waals surface area contributed by atoms with Crippen LogP contribution in [0, 0.1) is 0 Å². The molecule has 1 amide bonds. The number of rotatable bonds is 8. The molecule has 4 rings (SSSR count). The quantitative estimate of drug-likeness (QED) is 0.284. The largest absolute Gasteiger partial charge is 0.480 e.